The highest BCUT2D eigenvalue weighted by molar-refractivity contribution is 5.79. The minimum atomic E-state index is 0.311. The fourth-order valence-corrected chi connectivity index (χ4v) is 2.94. The standard InChI is InChI=1S/C18H35N3O4/c1-19-18(20-7-3-9-22-13-16-6-12-24-14-16)21-8-4-10-23-15-17-5-2-11-25-17/h16-17H,2-15H2,1H3,(H2,19,20,21). The molecule has 7 heteroatoms. The van der Waals surface area contributed by atoms with Crippen molar-refractivity contribution in [1.82, 2.24) is 10.6 Å². The smallest absolute Gasteiger partial charge is 0.190 e. The second-order valence-electron chi connectivity index (χ2n) is 6.65. The molecule has 146 valence electrons. The summed E-state index contributed by atoms with van der Waals surface area (Å²) in [5, 5.41) is 6.61. The molecule has 0 aromatic rings. The molecule has 2 fully saturated rings. The summed E-state index contributed by atoms with van der Waals surface area (Å²) in [5.74, 6) is 1.42. The molecular formula is C18H35N3O4. The first kappa shape index (κ1) is 20.4. The van der Waals surface area contributed by atoms with Crippen LogP contribution in [0.3, 0.4) is 0 Å². The maximum atomic E-state index is 5.69. The van der Waals surface area contributed by atoms with E-state index < -0.39 is 0 Å². The molecule has 25 heavy (non-hydrogen) atoms. The zero-order chi connectivity index (χ0) is 17.6. The lowest BCUT2D eigenvalue weighted by molar-refractivity contribution is 0.0168. The number of nitrogens with zero attached hydrogens (tertiary/aromatic N) is 1. The van der Waals surface area contributed by atoms with Crippen LogP contribution < -0.4 is 10.6 Å². The first-order valence-corrected chi connectivity index (χ1v) is 9.68. The molecule has 0 amide bonds. The van der Waals surface area contributed by atoms with Crippen molar-refractivity contribution in [2.24, 2.45) is 10.9 Å². The number of ether oxygens (including phenoxy) is 4. The molecule has 2 atom stereocenters. The van der Waals surface area contributed by atoms with Crippen LogP contribution in [0.2, 0.25) is 0 Å². The summed E-state index contributed by atoms with van der Waals surface area (Å²) in [5.41, 5.74) is 0. The predicted octanol–water partition coefficient (Wildman–Crippen LogP) is 1.18. The number of guanidine groups is 1. The van der Waals surface area contributed by atoms with E-state index in [-0.39, 0.29) is 0 Å². The van der Waals surface area contributed by atoms with E-state index in [9.17, 15) is 0 Å². The molecule has 0 aromatic heterocycles. The molecule has 2 heterocycles. The molecule has 2 N–H and O–H groups in total. The van der Waals surface area contributed by atoms with Crippen molar-refractivity contribution in [3.05, 3.63) is 0 Å². The molecule has 0 aliphatic carbocycles. The van der Waals surface area contributed by atoms with Crippen LogP contribution in [0.1, 0.15) is 32.1 Å². The molecular weight excluding hydrogens is 322 g/mol. The fraction of sp³-hybridized carbons (Fsp3) is 0.944. The molecule has 2 aliphatic rings. The highest BCUT2D eigenvalue weighted by Gasteiger charge is 2.15. The van der Waals surface area contributed by atoms with Gasteiger partial charge in [-0.1, -0.05) is 0 Å². The van der Waals surface area contributed by atoms with Gasteiger partial charge in [-0.3, -0.25) is 4.99 Å². The van der Waals surface area contributed by atoms with Gasteiger partial charge in [0.1, 0.15) is 0 Å². The van der Waals surface area contributed by atoms with Gasteiger partial charge in [-0.2, -0.15) is 0 Å². The quantitative estimate of drug-likeness (QED) is 0.310. The third kappa shape index (κ3) is 9.39. The van der Waals surface area contributed by atoms with Crippen molar-refractivity contribution in [3.8, 4) is 0 Å². The summed E-state index contributed by atoms with van der Waals surface area (Å²) in [6.45, 7) is 7.40. The topological polar surface area (TPSA) is 73.3 Å². The second-order valence-corrected chi connectivity index (χ2v) is 6.65. The van der Waals surface area contributed by atoms with Gasteiger partial charge in [0.15, 0.2) is 5.96 Å². The lowest BCUT2D eigenvalue weighted by Gasteiger charge is -2.13. The number of aliphatic imine (C=N–C) groups is 1. The van der Waals surface area contributed by atoms with Crippen molar-refractivity contribution >= 4 is 5.96 Å². The molecule has 0 spiro atoms. The predicted molar refractivity (Wildman–Crippen MR) is 98.1 cm³/mol. The van der Waals surface area contributed by atoms with Gasteiger partial charge in [-0.15, -0.1) is 0 Å². The average molecular weight is 357 g/mol. The Morgan fingerprint density at radius 2 is 1.80 bits per heavy atom. The Labute approximate surface area is 151 Å². The Hall–Kier alpha value is -0.890. The SMILES string of the molecule is CN=C(NCCCOCC1CCOC1)NCCCOCC1CCCO1. The van der Waals surface area contributed by atoms with E-state index in [1.54, 1.807) is 7.05 Å². The van der Waals surface area contributed by atoms with Gasteiger partial charge < -0.3 is 29.6 Å². The number of hydrogen-bond donors (Lipinski definition) is 2. The first-order valence-electron chi connectivity index (χ1n) is 9.68. The van der Waals surface area contributed by atoms with Gasteiger partial charge in [0, 0.05) is 52.5 Å². The maximum Gasteiger partial charge on any atom is 0.190 e. The van der Waals surface area contributed by atoms with Crippen LogP contribution in [0.15, 0.2) is 4.99 Å². The van der Waals surface area contributed by atoms with E-state index in [2.05, 4.69) is 15.6 Å². The molecule has 0 saturated carbocycles. The second kappa shape index (κ2) is 13.3. The molecule has 2 rings (SSSR count). The molecule has 2 unspecified atom stereocenters. The molecule has 0 radical (unpaired) electrons. The third-order valence-corrected chi connectivity index (χ3v) is 4.44. The largest absolute Gasteiger partial charge is 0.381 e. The summed E-state index contributed by atoms with van der Waals surface area (Å²) in [6.07, 6.45) is 5.67. The van der Waals surface area contributed by atoms with Crippen molar-refractivity contribution in [1.29, 1.82) is 0 Å². The Balaban J connectivity index is 1.36. The Bertz CT molecular complexity index is 326. The number of rotatable bonds is 12. The third-order valence-electron chi connectivity index (χ3n) is 4.44. The van der Waals surface area contributed by atoms with Crippen molar-refractivity contribution in [2.75, 3.05) is 66.4 Å². The minimum Gasteiger partial charge on any atom is -0.381 e. The van der Waals surface area contributed by atoms with Gasteiger partial charge in [0.25, 0.3) is 0 Å². The maximum absolute atomic E-state index is 5.69. The average Bonchev–Trinajstić information content (AvgIpc) is 3.32. The van der Waals surface area contributed by atoms with Crippen LogP contribution in [0.5, 0.6) is 0 Å². The van der Waals surface area contributed by atoms with Gasteiger partial charge in [-0.25, -0.2) is 0 Å². The summed E-state index contributed by atoms with van der Waals surface area (Å²) in [7, 11) is 1.79. The van der Waals surface area contributed by atoms with E-state index in [0.717, 1.165) is 97.4 Å². The summed E-state index contributed by atoms with van der Waals surface area (Å²) < 4.78 is 22.2. The molecule has 0 bridgehead atoms. The molecule has 2 saturated heterocycles. The summed E-state index contributed by atoms with van der Waals surface area (Å²) in [6, 6.07) is 0. The van der Waals surface area contributed by atoms with Gasteiger partial charge >= 0.3 is 0 Å². The summed E-state index contributed by atoms with van der Waals surface area (Å²) in [4.78, 5) is 4.23. The minimum absolute atomic E-state index is 0.311. The van der Waals surface area contributed by atoms with Crippen LogP contribution in [-0.2, 0) is 18.9 Å². The molecule has 7 nitrogen and oxygen atoms in total. The van der Waals surface area contributed by atoms with Crippen LogP contribution in [0, 0.1) is 5.92 Å². The zero-order valence-corrected chi connectivity index (χ0v) is 15.6. The highest BCUT2D eigenvalue weighted by atomic mass is 16.5. The first-order chi connectivity index (χ1) is 12.4. The zero-order valence-electron chi connectivity index (χ0n) is 15.6. The van der Waals surface area contributed by atoms with Crippen molar-refractivity contribution < 1.29 is 18.9 Å². The van der Waals surface area contributed by atoms with Crippen LogP contribution in [0.25, 0.3) is 0 Å². The fourth-order valence-electron chi connectivity index (χ4n) is 2.94. The molecule has 0 aromatic carbocycles. The Morgan fingerprint density at radius 3 is 2.40 bits per heavy atom. The van der Waals surface area contributed by atoms with Crippen molar-refractivity contribution in [3.63, 3.8) is 0 Å². The van der Waals surface area contributed by atoms with Crippen LogP contribution in [0.4, 0.5) is 0 Å². The van der Waals surface area contributed by atoms with E-state index >= 15 is 0 Å². The van der Waals surface area contributed by atoms with E-state index in [4.69, 9.17) is 18.9 Å². The van der Waals surface area contributed by atoms with E-state index in [1.807, 2.05) is 0 Å². The van der Waals surface area contributed by atoms with E-state index in [1.165, 1.54) is 0 Å². The highest BCUT2D eigenvalue weighted by Crippen LogP contribution is 2.12. The van der Waals surface area contributed by atoms with E-state index in [0.29, 0.717) is 12.0 Å². The monoisotopic (exact) mass is 357 g/mol. The number of hydrogen-bond acceptors (Lipinski definition) is 5. The Morgan fingerprint density at radius 1 is 1.04 bits per heavy atom. The Kier molecular flexibility index (Phi) is 10.9. The van der Waals surface area contributed by atoms with Gasteiger partial charge in [0.2, 0.25) is 0 Å². The normalized spacial score (nSPS) is 24.0. The van der Waals surface area contributed by atoms with Crippen LogP contribution >= 0.6 is 0 Å². The lowest BCUT2D eigenvalue weighted by atomic mass is 10.1. The lowest BCUT2D eigenvalue weighted by Crippen LogP contribution is -2.38. The van der Waals surface area contributed by atoms with Gasteiger partial charge in [0.05, 0.1) is 25.9 Å². The van der Waals surface area contributed by atoms with Gasteiger partial charge in [-0.05, 0) is 32.1 Å². The van der Waals surface area contributed by atoms with Crippen LogP contribution in [-0.4, -0.2) is 78.4 Å². The molecule has 2 aliphatic heterocycles. The number of nitrogens with one attached hydrogen (secondary N) is 2. The van der Waals surface area contributed by atoms with Crippen molar-refractivity contribution in [2.45, 2.75) is 38.2 Å². The summed E-state index contributed by atoms with van der Waals surface area (Å²) >= 11 is 0.